The van der Waals surface area contributed by atoms with Crippen LogP contribution in [0, 0.1) is 11.8 Å². The molecule has 11 heteroatoms. The summed E-state index contributed by atoms with van der Waals surface area (Å²) in [6.07, 6.45) is 6.47. The van der Waals surface area contributed by atoms with Crippen molar-refractivity contribution in [2.24, 2.45) is 17.0 Å². The van der Waals surface area contributed by atoms with E-state index in [0.29, 0.717) is 30.7 Å². The van der Waals surface area contributed by atoms with Crippen LogP contribution in [0.2, 0.25) is 0 Å². The molecular formula is C21H27N5O5S. The lowest BCUT2D eigenvalue weighted by Crippen LogP contribution is -2.24. The van der Waals surface area contributed by atoms with Crippen molar-refractivity contribution in [3.63, 3.8) is 0 Å². The Morgan fingerprint density at radius 3 is 2.84 bits per heavy atom. The highest BCUT2D eigenvalue weighted by Gasteiger charge is 2.36. The highest BCUT2D eigenvalue weighted by atomic mass is 32.2. The molecule has 1 aliphatic rings. The summed E-state index contributed by atoms with van der Waals surface area (Å²) in [7, 11) is -4.09. The van der Waals surface area contributed by atoms with E-state index in [-0.39, 0.29) is 29.6 Å². The third-order valence-electron chi connectivity index (χ3n) is 5.42. The predicted molar refractivity (Wildman–Crippen MR) is 117 cm³/mol. The zero-order valence-electron chi connectivity index (χ0n) is 18.0. The van der Waals surface area contributed by atoms with Crippen molar-refractivity contribution in [1.29, 1.82) is 0 Å². The van der Waals surface area contributed by atoms with Crippen LogP contribution in [-0.2, 0) is 21.0 Å². The summed E-state index contributed by atoms with van der Waals surface area (Å²) >= 11 is 0. The fraction of sp³-hybridized carbons (Fsp3) is 0.429. The lowest BCUT2D eigenvalue weighted by Gasteiger charge is -2.15. The molecule has 1 saturated carbocycles. The molecule has 10 nitrogen and oxygen atoms in total. The summed E-state index contributed by atoms with van der Waals surface area (Å²) in [4.78, 5) is 21.4. The number of allylic oxidation sites excluding steroid dienone is 3. The molecule has 3 atom stereocenters. The average molecular weight is 462 g/mol. The molecule has 2 aromatic heterocycles. The summed E-state index contributed by atoms with van der Waals surface area (Å²) in [6.45, 7) is 8.42. The third-order valence-corrected chi connectivity index (χ3v) is 5.88. The molecule has 3 N–H and O–H groups in total. The standard InChI is InChI=1S/C21H27N5O5S/c1-13(2)4-6-26-7-5-18(25-26)21(28)17-10-23-12-24-20(17)14(3)15-8-16(19(27)9-15)11-31-32(22,29)30/h4-5,7,10,12,15-16,19,27H,3,6,8-9,11H2,1-2H3,(H2,22,29,30)/t15-,16-,19+/m1/s1. The molecule has 3 rings (SSSR count). The van der Waals surface area contributed by atoms with Gasteiger partial charge in [0.25, 0.3) is 0 Å². The van der Waals surface area contributed by atoms with E-state index >= 15 is 0 Å². The molecule has 172 valence electrons. The number of nitrogens with zero attached hydrogens (tertiary/aromatic N) is 4. The number of rotatable bonds is 9. The first-order valence-electron chi connectivity index (χ1n) is 10.1. The minimum Gasteiger partial charge on any atom is -0.393 e. The number of aliphatic hydroxyl groups is 1. The van der Waals surface area contributed by atoms with Gasteiger partial charge in [-0.15, -0.1) is 0 Å². The van der Waals surface area contributed by atoms with Gasteiger partial charge in [-0.3, -0.25) is 13.7 Å². The Balaban J connectivity index is 1.77. The molecule has 2 heterocycles. The maximum Gasteiger partial charge on any atom is 0.333 e. The van der Waals surface area contributed by atoms with Gasteiger partial charge >= 0.3 is 10.3 Å². The third kappa shape index (κ3) is 5.94. The van der Waals surface area contributed by atoms with E-state index in [1.165, 1.54) is 12.5 Å². The first kappa shape index (κ1) is 23.9. The molecule has 1 aliphatic carbocycles. The molecule has 0 saturated heterocycles. The van der Waals surface area contributed by atoms with Gasteiger partial charge in [0, 0.05) is 18.3 Å². The molecule has 0 aliphatic heterocycles. The summed E-state index contributed by atoms with van der Waals surface area (Å²) in [5.74, 6) is -0.969. The molecule has 2 aromatic rings. The number of ketones is 1. The van der Waals surface area contributed by atoms with E-state index in [1.54, 1.807) is 16.9 Å². The van der Waals surface area contributed by atoms with Crippen LogP contribution in [0.1, 0.15) is 48.4 Å². The van der Waals surface area contributed by atoms with Crippen molar-refractivity contribution in [3.8, 4) is 0 Å². The highest BCUT2D eigenvalue weighted by Crippen LogP contribution is 2.39. The van der Waals surface area contributed by atoms with E-state index in [1.807, 2.05) is 19.9 Å². The molecule has 0 radical (unpaired) electrons. The van der Waals surface area contributed by atoms with Crippen LogP contribution < -0.4 is 5.14 Å². The Hall–Kier alpha value is -2.73. The quantitative estimate of drug-likeness (QED) is 0.421. The molecule has 1 fully saturated rings. The maximum atomic E-state index is 13.1. The molecule has 0 unspecified atom stereocenters. The van der Waals surface area contributed by atoms with Gasteiger partial charge in [-0.25, -0.2) is 15.1 Å². The van der Waals surface area contributed by atoms with Crippen LogP contribution in [0.4, 0.5) is 0 Å². The second kappa shape index (κ2) is 9.82. The van der Waals surface area contributed by atoms with Crippen LogP contribution in [0.25, 0.3) is 5.57 Å². The minimum absolute atomic E-state index is 0.212. The van der Waals surface area contributed by atoms with Crippen molar-refractivity contribution in [3.05, 3.63) is 60.0 Å². The van der Waals surface area contributed by atoms with Gasteiger partial charge in [0.15, 0.2) is 0 Å². The Morgan fingerprint density at radius 2 is 2.16 bits per heavy atom. The van der Waals surface area contributed by atoms with E-state index in [4.69, 9.17) is 5.14 Å². The van der Waals surface area contributed by atoms with Gasteiger partial charge in [-0.05, 0) is 44.2 Å². The van der Waals surface area contributed by atoms with Crippen molar-refractivity contribution >= 4 is 21.7 Å². The Morgan fingerprint density at radius 1 is 1.41 bits per heavy atom. The van der Waals surface area contributed by atoms with Gasteiger partial charge < -0.3 is 5.11 Å². The molecule has 0 bridgehead atoms. The van der Waals surface area contributed by atoms with E-state index < -0.39 is 22.3 Å². The lowest BCUT2D eigenvalue weighted by molar-refractivity contribution is 0.100. The Labute approximate surface area is 187 Å². The highest BCUT2D eigenvalue weighted by molar-refractivity contribution is 7.84. The van der Waals surface area contributed by atoms with Crippen LogP contribution in [0.5, 0.6) is 0 Å². The molecule has 0 amide bonds. The van der Waals surface area contributed by atoms with Gasteiger partial charge in [0.05, 0.1) is 30.5 Å². The van der Waals surface area contributed by atoms with Crippen LogP contribution in [-0.4, -0.2) is 51.8 Å². The number of aliphatic hydroxyl groups excluding tert-OH is 1. The Kier molecular flexibility index (Phi) is 7.34. The fourth-order valence-electron chi connectivity index (χ4n) is 3.69. The van der Waals surface area contributed by atoms with Crippen molar-refractivity contribution < 1.29 is 22.5 Å². The molecular weight excluding hydrogens is 434 g/mol. The van der Waals surface area contributed by atoms with Crippen molar-refractivity contribution in [1.82, 2.24) is 19.7 Å². The van der Waals surface area contributed by atoms with Gasteiger partial charge in [0.1, 0.15) is 12.0 Å². The van der Waals surface area contributed by atoms with E-state index in [2.05, 4.69) is 25.8 Å². The van der Waals surface area contributed by atoms with Crippen LogP contribution >= 0.6 is 0 Å². The summed E-state index contributed by atoms with van der Waals surface area (Å²) < 4.78 is 28.4. The number of hydrogen-bond donors (Lipinski definition) is 2. The summed E-state index contributed by atoms with van der Waals surface area (Å²) in [5, 5.41) is 19.5. The Bertz CT molecular complexity index is 1140. The van der Waals surface area contributed by atoms with Gasteiger partial charge in [0.2, 0.25) is 5.78 Å². The molecule has 0 aromatic carbocycles. The predicted octanol–water partition coefficient (Wildman–Crippen LogP) is 1.49. The molecule has 32 heavy (non-hydrogen) atoms. The normalized spacial score (nSPS) is 20.8. The summed E-state index contributed by atoms with van der Waals surface area (Å²) in [6, 6.07) is 1.64. The summed E-state index contributed by atoms with van der Waals surface area (Å²) in [5.41, 5.74) is 2.63. The van der Waals surface area contributed by atoms with Crippen LogP contribution in [0.15, 0.2) is 43.0 Å². The SMILES string of the molecule is C=C(c1ncncc1C(=O)c1ccn(CC=C(C)C)n1)[C@@H]1C[C@H](COS(N)(=O)=O)[C@@H](O)C1. The zero-order valence-corrected chi connectivity index (χ0v) is 18.8. The largest absolute Gasteiger partial charge is 0.393 e. The van der Waals surface area contributed by atoms with Crippen LogP contribution in [0.3, 0.4) is 0 Å². The number of carbonyl (C=O) groups is 1. The van der Waals surface area contributed by atoms with E-state index in [9.17, 15) is 18.3 Å². The zero-order chi connectivity index (χ0) is 23.5. The van der Waals surface area contributed by atoms with Gasteiger partial charge in [-0.2, -0.15) is 13.5 Å². The maximum absolute atomic E-state index is 13.1. The topological polar surface area (TPSA) is 150 Å². The number of carbonyl (C=O) groups excluding carboxylic acids is 1. The average Bonchev–Trinajstić information content (AvgIpc) is 3.36. The first-order chi connectivity index (χ1) is 15.0. The number of aromatic nitrogens is 4. The van der Waals surface area contributed by atoms with Gasteiger partial charge in [-0.1, -0.05) is 18.2 Å². The minimum atomic E-state index is -4.09. The first-order valence-corrected chi connectivity index (χ1v) is 11.6. The fourth-order valence-corrected chi connectivity index (χ4v) is 4.06. The smallest absolute Gasteiger partial charge is 0.333 e. The second-order valence-electron chi connectivity index (χ2n) is 8.12. The number of nitrogens with two attached hydrogens (primary N) is 1. The monoisotopic (exact) mass is 461 g/mol. The van der Waals surface area contributed by atoms with Crippen molar-refractivity contribution in [2.45, 2.75) is 39.3 Å². The number of hydrogen-bond acceptors (Lipinski definition) is 8. The lowest BCUT2D eigenvalue weighted by atomic mass is 9.91. The van der Waals surface area contributed by atoms with E-state index in [0.717, 1.165) is 5.57 Å². The second-order valence-corrected chi connectivity index (χ2v) is 9.34. The van der Waals surface area contributed by atoms with Crippen molar-refractivity contribution in [2.75, 3.05) is 6.61 Å². The molecule has 0 spiro atoms.